The number of hydrogen-bond acceptors (Lipinski definition) is 4. The van der Waals surface area contributed by atoms with Crippen molar-refractivity contribution >= 4 is 11.6 Å². The largest absolute Gasteiger partial charge is 0.369 e. The molecule has 2 aromatic rings. The maximum absolute atomic E-state index is 14.2. The highest BCUT2D eigenvalue weighted by molar-refractivity contribution is 5.78. The Morgan fingerprint density at radius 2 is 2.17 bits per heavy atom. The fraction of sp³-hybridized carbons (Fsp3) is 0.400. The van der Waals surface area contributed by atoms with Gasteiger partial charge in [0.25, 0.3) is 5.92 Å². The lowest BCUT2D eigenvalue weighted by Gasteiger charge is -2.38. The van der Waals surface area contributed by atoms with Crippen molar-refractivity contribution in [3.05, 3.63) is 36.4 Å². The van der Waals surface area contributed by atoms with E-state index in [2.05, 4.69) is 10.1 Å². The number of primary amides is 1. The van der Waals surface area contributed by atoms with Crippen LogP contribution < -0.4 is 10.6 Å². The lowest BCUT2D eigenvalue weighted by molar-refractivity contribution is -0.137. The molecular formula is C15H17F2N5O. The van der Waals surface area contributed by atoms with Gasteiger partial charge < -0.3 is 10.6 Å². The summed E-state index contributed by atoms with van der Waals surface area (Å²) >= 11 is 0. The van der Waals surface area contributed by atoms with E-state index in [0.717, 1.165) is 5.56 Å². The molecule has 1 fully saturated rings. The SMILES string of the molecule is Cc1cnn(-c2ccncc2N2CCC(C(N)=O)C(F)(F)C2)c1. The second kappa shape index (κ2) is 5.60. The fourth-order valence-electron chi connectivity index (χ4n) is 2.86. The summed E-state index contributed by atoms with van der Waals surface area (Å²) in [5.74, 6) is -5.55. The molecule has 122 valence electrons. The third kappa shape index (κ3) is 2.88. The predicted molar refractivity (Wildman–Crippen MR) is 80.6 cm³/mol. The molecule has 0 spiro atoms. The van der Waals surface area contributed by atoms with Crippen LogP contribution in [0.4, 0.5) is 14.5 Å². The van der Waals surface area contributed by atoms with E-state index >= 15 is 0 Å². The zero-order valence-corrected chi connectivity index (χ0v) is 12.6. The fourth-order valence-corrected chi connectivity index (χ4v) is 2.86. The van der Waals surface area contributed by atoms with Crippen LogP contribution in [0.1, 0.15) is 12.0 Å². The number of nitrogens with two attached hydrogens (primary N) is 1. The molecule has 2 N–H and O–H groups in total. The van der Waals surface area contributed by atoms with Gasteiger partial charge in [0.2, 0.25) is 5.91 Å². The molecular weight excluding hydrogens is 304 g/mol. The highest BCUT2D eigenvalue weighted by atomic mass is 19.3. The van der Waals surface area contributed by atoms with Crippen LogP contribution in [0.3, 0.4) is 0 Å². The summed E-state index contributed by atoms with van der Waals surface area (Å²) in [7, 11) is 0. The molecule has 23 heavy (non-hydrogen) atoms. The van der Waals surface area contributed by atoms with Gasteiger partial charge in [-0.1, -0.05) is 0 Å². The summed E-state index contributed by atoms with van der Waals surface area (Å²) in [5.41, 5.74) is 7.27. The van der Waals surface area contributed by atoms with E-state index in [4.69, 9.17) is 5.73 Å². The number of anilines is 1. The maximum Gasteiger partial charge on any atom is 0.276 e. The molecule has 1 saturated heterocycles. The average Bonchev–Trinajstić information content (AvgIpc) is 2.92. The van der Waals surface area contributed by atoms with E-state index in [1.807, 2.05) is 13.1 Å². The van der Waals surface area contributed by atoms with Crippen LogP contribution in [0, 0.1) is 12.8 Å². The molecule has 0 saturated carbocycles. The topological polar surface area (TPSA) is 77.0 Å². The molecule has 0 aromatic carbocycles. The monoisotopic (exact) mass is 321 g/mol. The average molecular weight is 321 g/mol. The van der Waals surface area contributed by atoms with Crippen molar-refractivity contribution in [1.82, 2.24) is 14.8 Å². The van der Waals surface area contributed by atoms with E-state index in [1.54, 1.807) is 23.1 Å². The zero-order chi connectivity index (χ0) is 16.6. The first-order valence-electron chi connectivity index (χ1n) is 7.26. The second-order valence-corrected chi connectivity index (χ2v) is 5.75. The molecule has 1 atom stereocenters. The number of aromatic nitrogens is 3. The zero-order valence-electron chi connectivity index (χ0n) is 12.6. The predicted octanol–water partition coefficient (Wildman–Crippen LogP) is 1.52. The van der Waals surface area contributed by atoms with Crippen molar-refractivity contribution in [2.45, 2.75) is 19.3 Å². The van der Waals surface area contributed by atoms with Crippen LogP contribution in [-0.2, 0) is 4.79 Å². The van der Waals surface area contributed by atoms with Gasteiger partial charge in [-0.25, -0.2) is 13.5 Å². The van der Waals surface area contributed by atoms with Gasteiger partial charge in [0.1, 0.15) is 5.92 Å². The lowest BCUT2D eigenvalue weighted by atomic mass is 9.92. The minimum absolute atomic E-state index is 0.00873. The number of amides is 1. The third-order valence-electron chi connectivity index (χ3n) is 4.02. The van der Waals surface area contributed by atoms with Crippen LogP contribution in [0.25, 0.3) is 5.69 Å². The Hall–Kier alpha value is -2.51. The summed E-state index contributed by atoms with van der Waals surface area (Å²) in [4.78, 5) is 16.8. The van der Waals surface area contributed by atoms with Crippen LogP contribution in [0.5, 0.6) is 0 Å². The van der Waals surface area contributed by atoms with E-state index in [1.165, 1.54) is 11.1 Å². The smallest absolute Gasteiger partial charge is 0.276 e. The summed E-state index contributed by atoms with van der Waals surface area (Å²) in [6, 6.07) is 1.72. The molecule has 1 aliphatic heterocycles. The summed E-state index contributed by atoms with van der Waals surface area (Å²) in [6.07, 6.45) is 6.64. The third-order valence-corrected chi connectivity index (χ3v) is 4.02. The highest BCUT2D eigenvalue weighted by Gasteiger charge is 2.48. The van der Waals surface area contributed by atoms with Gasteiger partial charge in [-0.3, -0.25) is 9.78 Å². The normalized spacial score (nSPS) is 20.5. The number of carbonyl (C=O) groups is 1. The molecule has 1 unspecified atom stereocenters. The Kier molecular flexibility index (Phi) is 3.75. The second-order valence-electron chi connectivity index (χ2n) is 5.75. The summed E-state index contributed by atoms with van der Waals surface area (Å²) in [6.45, 7) is 1.64. The Balaban J connectivity index is 1.93. The standard InChI is InChI=1S/C15H17F2N5O/c1-10-6-20-22(8-10)12-2-4-19-7-13(12)21-5-3-11(14(18)23)15(16,17)9-21/h2,4,6-8,11H,3,5,9H2,1H3,(H2,18,23). The van der Waals surface area contributed by atoms with E-state index in [9.17, 15) is 13.6 Å². The lowest BCUT2D eigenvalue weighted by Crippen LogP contribution is -2.53. The van der Waals surface area contributed by atoms with Gasteiger partial charge in [-0.15, -0.1) is 0 Å². The van der Waals surface area contributed by atoms with Crippen molar-refractivity contribution in [2.75, 3.05) is 18.0 Å². The van der Waals surface area contributed by atoms with Crippen LogP contribution in [0.2, 0.25) is 0 Å². The number of piperidine rings is 1. The molecule has 1 aliphatic rings. The molecule has 6 nitrogen and oxygen atoms in total. The first-order valence-corrected chi connectivity index (χ1v) is 7.26. The summed E-state index contributed by atoms with van der Waals surface area (Å²) in [5, 5.41) is 4.22. The van der Waals surface area contributed by atoms with Gasteiger partial charge in [-0.2, -0.15) is 5.10 Å². The summed E-state index contributed by atoms with van der Waals surface area (Å²) < 4.78 is 30.0. The van der Waals surface area contributed by atoms with E-state index < -0.39 is 24.3 Å². The minimum Gasteiger partial charge on any atom is -0.369 e. The number of nitrogens with zero attached hydrogens (tertiary/aromatic N) is 4. The van der Waals surface area contributed by atoms with Crippen molar-refractivity contribution in [3.63, 3.8) is 0 Å². The highest BCUT2D eigenvalue weighted by Crippen LogP contribution is 2.36. The van der Waals surface area contributed by atoms with Crippen LogP contribution in [-0.4, -0.2) is 39.7 Å². The van der Waals surface area contributed by atoms with Gasteiger partial charge in [0.15, 0.2) is 0 Å². The van der Waals surface area contributed by atoms with Crippen molar-refractivity contribution in [3.8, 4) is 5.69 Å². The first kappa shape index (κ1) is 15.4. The van der Waals surface area contributed by atoms with Gasteiger partial charge in [-0.05, 0) is 25.0 Å². The van der Waals surface area contributed by atoms with Crippen LogP contribution in [0.15, 0.2) is 30.9 Å². The number of halogens is 2. The minimum atomic E-state index is -3.17. The van der Waals surface area contributed by atoms with Gasteiger partial charge >= 0.3 is 0 Å². The quantitative estimate of drug-likeness (QED) is 0.930. The Morgan fingerprint density at radius 3 is 2.78 bits per heavy atom. The van der Waals surface area contributed by atoms with E-state index in [-0.39, 0.29) is 6.42 Å². The molecule has 1 amide bonds. The van der Waals surface area contributed by atoms with Gasteiger partial charge in [0.05, 0.1) is 30.3 Å². The molecule has 3 heterocycles. The molecule has 2 aromatic heterocycles. The Bertz CT molecular complexity index is 730. The molecule has 3 rings (SSSR count). The number of pyridine rings is 1. The molecule has 0 bridgehead atoms. The number of aryl methyl sites for hydroxylation is 1. The first-order chi connectivity index (χ1) is 10.9. The molecule has 0 aliphatic carbocycles. The maximum atomic E-state index is 14.2. The molecule has 0 radical (unpaired) electrons. The number of rotatable bonds is 3. The molecule has 8 heteroatoms. The Labute approximate surface area is 131 Å². The van der Waals surface area contributed by atoms with Crippen molar-refractivity contribution in [1.29, 1.82) is 0 Å². The van der Waals surface area contributed by atoms with Crippen molar-refractivity contribution < 1.29 is 13.6 Å². The number of alkyl halides is 2. The number of hydrogen-bond donors (Lipinski definition) is 1. The van der Waals surface area contributed by atoms with Crippen LogP contribution >= 0.6 is 0 Å². The Morgan fingerprint density at radius 1 is 1.39 bits per heavy atom. The van der Waals surface area contributed by atoms with Gasteiger partial charge in [0, 0.05) is 18.9 Å². The van der Waals surface area contributed by atoms with Crippen molar-refractivity contribution in [2.24, 2.45) is 11.7 Å². The number of carbonyl (C=O) groups excluding carboxylic acids is 1. The van der Waals surface area contributed by atoms with E-state index in [0.29, 0.717) is 17.9 Å².